The van der Waals surface area contributed by atoms with Gasteiger partial charge in [-0.25, -0.2) is 0 Å². The van der Waals surface area contributed by atoms with Crippen molar-refractivity contribution in [2.45, 2.75) is 19.1 Å². The van der Waals surface area contributed by atoms with Crippen LogP contribution in [0.15, 0.2) is 79.0 Å². The van der Waals surface area contributed by atoms with Crippen LogP contribution in [0.3, 0.4) is 0 Å². The summed E-state index contributed by atoms with van der Waals surface area (Å²) in [5.74, 6) is -0.230. The van der Waals surface area contributed by atoms with Crippen molar-refractivity contribution in [1.82, 2.24) is 10.3 Å². The third-order valence-corrected chi connectivity index (χ3v) is 5.74. The molecule has 0 fully saturated rings. The Bertz CT molecular complexity index is 1330. The quantitative estimate of drug-likeness (QED) is 0.369. The van der Waals surface area contributed by atoms with E-state index in [1.165, 1.54) is 12.1 Å². The zero-order valence-corrected chi connectivity index (χ0v) is 19.0. The lowest BCUT2D eigenvalue weighted by Crippen LogP contribution is -2.27. The molecule has 3 aromatic carbocycles. The molecule has 0 spiro atoms. The van der Waals surface area contributed by atoms with Gasteiger partial charge in [0.2, 0.25) is 0 Å². The van der Waals surface area contributed by atoms with Crippen LogP contribution in [0.4, 0.5) is 18.9 Å². The molecule has 0 aliphatic heterocycles. The maximum Gasteiger partial charge on any atom is 0.416 e. The molecule has 174 valence electrons. The van der Waals surface area contributed by atoms with Gasteiger partial charge in [-0.2, -0.15) is 13.2 Å². The van der Waals surface area contributed by atoms with E-state index < -0.39 is 11.7 Å². The second-order valence-electron chi connectivity index (χ2n) is 8.35. The molecule has 7 heteroatoms. The fourth-order valence-electron chi connectivity index (χ4n) is 3.82. The number of hydrogen-bond donors (Lipinski definition) is 1. The Balaban J connectivity index is 1.58. The molecule has 1 N–H and O–H groups in total. The molecule has 0 radical (unpaired) electrons. The number of aromatic nitrogens is 1. The second kappa shape index (κ2) is 9.17. The van der Waals surface area contributed by atoms with Gasteiger partial charge in [0.15, 0.2) is 0 Å². The first-order valence-corrected chi connectivity index (χ1v) is 10.8. The summed E-state index contributed by atoms with van der Waals surface area (Å²) < 4.78 is 38.7. The van der Waals surface area contributed by atoms with Crippen molar-refractivity contribution >= 4 is 22.4 Å². The van der Waals surface area contributed by atoms with E-state index in [2.05, 4.69) is 10.3 Å². The Morgan fingerprint density at radius 2 is 1.71 bits per heavy atom. The largest absolute Gasteiger partial charge is 0.416 e. The minimum Gasteiger partial charge on any atom is -0.378 e. The number of nitrogens with zero attached hydrogens (tertiary/aromatic N) is 2. The standard InChI is InChI=1S/C27H24F3N3O/c1-17(25-16-22(33(2)3)13-14-31-25)32-26(34)20-9-12-24-19(15-20)5-4-6-23(24)18-7-10-21(11-8-18)27(28,29)30/h4-17H,1-3H3,(H,32,34)/t17-/m1/s1. The number of carbonyl (C=O) groups excluding carboxylic acids is 1. The zero-order chi connectivity index (χ0) is 24.5. The number of halogens is 3. The van der Waals surface area contributed by atoms with Crippen molar-refractivity contribution < 1.29 is 18.0 Å². The fourth-order valence-corrected chi connectivity index (χ4v) is 3.82. The summed E-state index contributed by atoms with van der Waals surface area (Å²) in [5.41, 5.74) is 3.04. The first-order valence-electron chi connectivity index (χ1n) is 10.8. The molecule has 34 heavy (non-hydrogen) atoms. The van der Waals surface area contributed by atoms with E-state index in [1.807, 2.05) is 62.3 Å². The molecule has 4 aromatic rings. The first-order chi connectivity index (χ1) is 16.1. The molecule has 1 aromatic heterocycles. The Hall–Kier alpha value is -3.87. The first kappa shape index (κ1) is 23.3. The van der Waals surface area contributed by atoms with Gasteiger partial charge in [-0.05, 0) is 65.2 Å². The van der Waals surface area contributed by atoms with Crippen molar-refractivity contribution in [2.75, 3.05) is 19.0 Å². The minimum absolute atomic E-state index is 0.230. The van der Waals surface area contributed by atoms with Crippen molar-refractivity contribution in [3.8, 4) is 11.1 Å². The number of fused-ring (bicyclic) bond motifs is 1. The van der Waals surface area contributed by atoms with E-state index in [-0.39, 0.29) is 11.9 Å². The summed E-state index contributed by atoms with van der Waals surface area (Å²) in [7, 11) is 3.88. The highest BCUT2D eigenvalue weighted by Crippen LogP contribution is 2.33. The van der Waals surface area contributed by atoms with Gasteiger partial charge in [0.1, 0.15) is 0 Å². The van der Waals surface area contributed by atoms with Gasteiger partial charge in [0, 0.05) is 31.5 Å². The number of benzene rings is 3. The Labute approximate surface area is 196 Å². The molecule has 4 rings (SSSR count). The highest BCUT2D eigenvalue weighted by atomic mass is 19.4. The summed E-state index contributed by atoms with van der Waals surface area (Å²) in [6.45, 7) is 1.88. The van der Waals surface area contributed by atoms with Crippen molar-refractivity contribution in [1.29, 1.82) is 0 Å². The zero-order valence-electron chi connectivity index (χ0n) is 19.0. The number of pyridine rings is 1. The number of amides is 1. The summed E-state index contributed by atoms with van der Waals surface area (Å²) in [4.78, 5) is 19.3. The highest BCUT2D eigenvalue weighted by molar-refractivity contribution is 6.02. The van der Waals surface area contributed by atoms with Crippen molar-refractivity contribution in [3.63, 3.8) is 0 Å². The monoisotopic (exact) mass is 463 g/mol. The van der Waals surface area contributed by atoms with E-state index in [4.69, 9.17) is 0 Å². The third-order valence-electron chi connectivity index (χ3n) is 5.74. The van der Waals surface area contributed by atoms with E-state index in [1.54, 1.807) is 18.3 Å². The van der Waals surface area contributed by atoms with Crippen LogP contribution in [0.2, 0.25) is 0 Å². The molecule has 1 atom stereocenters. The topological polar surface area (TPSA) is 45.2 Å². The number of rotatable bonds is 5. The maximum absolute atomic E-state index is 12.9. The second-order valence-corrected chi connectivity index (χ2v) is 8.35. The molecular formula is C27H24F3N3O. The van der Waals surface area contributed by atoms with E-state index in [9.17, 15) is 18.0 Å². The summed E-state index contributed by atoms with van der Waals surface area (Å²) in [6, 6.07) is 19.5. The molecule has 1 amide bonds. The molecule has 0 bridgehead atoms. The lowest BCUT2D eigenvalue weighted by molar-refractivity contribution is -0.137. The molecular weight excluding hydrogens is 439 g/mol. The Morgan fingerprint density at radius 1 is 0.971 bits per heavy atom. The number of hydrogen-bond acceptors (Lipinski definition) is 3. The summed E-state index contributed by atoms with van der Waals surface area (Å²) >= 11 is 0. The molecule has 0 aliphatic rings. The molecule has 0 aliphatic carbocycles. The lowest BCUT2D eigenvalue weighted by Gasteiger charge is -2.17. The van der Waals surface area contributed by atoms with Crippen LogP contribution in [0.1, 0.15) is 34.6 Å². The number of nitrogens with one attached hydrogen (secondary N) is 1. The number of anilines is 1. The number of alkyl halides is 3. The summed E-state index contributed by atoms with van der Waals surface area (Å²) in [5, 5.41) is 4.66. The predicted molar refractivity (Wildman–Crippen MR) is 129 cm³/mol. The van der Waals surface area contributed by atoms with Crippen LogP contribution in [0.5, 0.6) is 0 Å². The smallest absolute Gasteiger partial charge is 0.378 e. The van der Waals surface area contributed by atoms with Crippen molar-refractivity contribution in [3.05, 3.63) is 95.8 Å². The molecule has 0 saturated carbocycles. The van der Waals surface area contributed by atoms with Gasteiger partial charge in [0.25, 0.3) is 5.91 Å². The third kappa shape index (κ3) is 4.88. The summed E-state index contributed by atoms with van der Waals surface area (Å²) in [6.07, 6.45) is -2.66. The number of carbonyl (C=O) groups is 1. The van der Waals surface area contributed by atoms with Crippen LogP contribution < -0.4 is 10.2 Å². The predicted octanol–water partition coefficient (Wildman–Crippen LogP) is 6.48. The average Bonchev–Trinajstić information content (AvgIpc) is 2.82. The van der Waals surface area contributed by atoms with Crippen LogP contribution in [-0.2, 0) is 6.18 Å². The average molecular weight is 464 g/mol. The minimum atomic E-state index is -4.38. The van der Waals surface area contributed by atoms with Crippen LogP contribution >= 0.6 is 0 Å². The highest BCUT2D eigenvalue weighted by Gasteiger charge is 2.30. The van der Waals surface area contributed by atoms with Gasteiger partial charge < -0.3 is 10.2 Å². The van der Waals surface area contributed by atoms with Crippen molar-refractivity contribution in [2.24, 2.45) is 0 Å². The van der Waals surface area contributed by atoms with Gasteiger partial charge in [0.05, 0.1) is 17.3 Å². The van der Waals surface area contributed by atoms with Gasteiger partial charge in [-0.3, -0.25) is 9.78 Å². The molecule has 1 heterocycles. The fraction of sp³-hybridized carbons (Fsp3) is 0.185. The van der Waals surface area contributed by atoms with E-state index >= 15 is 0 Å². The molecule has 0 saturated heterocycles. The van der Waals surface area contributed by atoms with Gasteiger partial charge in [-0.15, -0.1) is 0 Å². The van der Waals surface area contributed by atoms with E-state index in [0.29, 0.717) is 11.1 Å². The molecule has 0 unspecified atom stereocenters. The van der Waals surface area contributed by atoms with Crippen LogP contribution in [-0.4, -0.2) is 25.0 Å². The lowest BCUT2D eigenvalue weighted by atomic mass is 9.96. The van der Waals surface area contributed by atoms with Gasteiger partial charge in [-0.1, -0.05) is 36.4 Å². The Morgan fingerprint density at radius 3 is 2.38 bits per heavy atom. The molecule has 4 nitrogen and oxygen atoms in total. The van der Waals surface area contributed by atoms with Crippen LogP contribution in [0, 0.1) is 0 Å². The SMILES string of the molecule is C[C@@H](NC(=O)c1ccc2c(-c3ccc(C(F)(F)F)cc3)cccc2c1)c1cc(N(C)C)ccn1. The van der Waals surface area contributed by atoms with E-state index in [0.717, 1.165) is 39.8 Å². The normalized spacial score (nSPS) is 12.4. The Kier molecular flexibility index (Phi) is 6.28. The maximum atomic E-state index is 12.9. The van der Waals surface area contributed by atoms with Crippen LogP contribution in [0.25, 0.3) is 21.9 Å². The van der Waals surface area contributed by atoms with Gasteiger partial charge >= 0.3 is 6.18 Å².